The van der Waals surface area contributed by atoms with Crippen LogP contribution < -0.4 is 10.6 Å². The molecule has 188 valence electrons. The molecule has 2 unspecified atom stereocenters. The summed E-state index contributed by atoms with van der Waals surface area (Å²) in [5.41, 5.74) is 0.776. The second-order valence-corrected chi connectivity index (χ2v) is 9.04. The number of aliphatic hydroxyl groups excluding tert-OH is 1. The quantitative estimate of drug-likeness (QED) is 0.417. The van der Waals surface area contributed by atoms with Gasteiger partial charge in [-0.05, 0) is 30.0 Å². The van der Waals surface area contributed by atoms with E-state index in [1.807, 2.05) is 13.8 Å². The Hall–Kier alpha value is -2.60. The molecular weight excluding hydrogens is 442 g/mol. The molecule has 2 saturated heterocycles. The predicted molar refractivity (Wildman–Crippen MR) is 123 cm³/mol. The van der Waals surface area contributed by atoms with Crippen LogP contribution in [0.5, 0.6) is 0 Å². The number of hydrogen-bond donors (Lipinski definition) is 3. The second kappa shape index (κ2) is 12.7. The van der Waals surface area contributed by atoms with Crippen molar-refractivity contribution < 1.29 is 29.0 Å². The Morgan fingerprint density at radius 1 is 1.24 bits per heavy atom. The molecule has 3 atom stereocenters. The van der Waals surface area contributed by atoms with E-state index in [2.05, 4.69) is 20.5 Å². The van der Waals surface area contributed by atoms with E-state index in [4.69, 9.17) is 9.47 Å². The van der Waals surface area contributed by atoms with Gasteiger partial charge in [0, 0.05) is 45.1 Å². The maximum absolute atomic E-state index is 12.9. The van der Waals surface area contributed by atoms with E-state index < -0.39 is 36.1 Å². The maximum Gasteiger partial charge on any atom is 0.408 e. The number of rotatable bonds is 10. The summed E-state index contributed by atoms with van der Waals surface area (Å²) in [6.07, 6.45) is 1.60. The van der Waals surface area contributed by atoms with Crippen molar-refractivity contribution in [2.75, 3.05) is 45.9 Å². The molecule has 1 aromatic rings. The highest BCUT2D eigenvalue weighted by molar-refractivity contribution is 5.95. The highest BCUT2D eigenvalue weighted by atomic mass is 16.5. The monoisotopic (exact) mass is 477 g/mol. The van der Waals surface area contributed by atoms with Gasteiger partial charge in [-0.25, -0.2) is 4.79 Å². The number of aromatic nitrogens is 1. The fraction of sp³-hybridized carbons (Fsp3) is 0.652. The summed E-state index contributed by atoms with van der Waals surface area (Å²) in [5.74, 6) is -0.805. The van der Waals surface area contributed by atoms with Crippen LogP contribution in [-0.2, 0) is 25.7 Å². The van der Waals surface area contributed by atoms with E-state index in [9.17, 15) is 19.5 Å². The number of carbonyl (C=O) groups is 3. The second-order valence-electron chi connectivity index (χ2n) is 9.04. The van der Waals surface area contributed by atoms with Gasteiger partial charge in [0.25, 0.3) is 0 Å². The van der Waals surface area contributed by atoms with Crippen LogP contribution >= 0.6 is 0 Å². The Bertz CT molecular complexity index is 817. The first kappa shape index (κ1) is 26.0. The minimum atomic E-state index is -1.26. The molecular formula is C23H35N5O6. The first-order valence-corrected chi connectivity index (χ1v) is 11.7. The summed E-state index contributed by atoms with van der Waals surface area (Å²) in [4.78, 5) is 45.6. The summed E-state index contributed by atoms with van der Waals surface area (Å²) in [7, 11) is 0. The minimum absolute atomic E-state index is 0.0514. The van der Waals surface area contributed by atoms with Crippen molar-refractivity contribution in [3.63, 3.8) is 0 Å². The Morgan fingerprint density at radius 3 is 2.62 bits per heavy atom. The van der Waals surface area contributed by atoms with E-state index in [-0.39, 0.29) is 19.1 Å². The highest BCUT2D eigenvalue weighted by Gasteiger charge is 2.41. The zero-order chi connectivity index (χ0) is 24.5. The van der Waals surface area contributed by atoms with E-state index in [0.29, 0.717) is 32.7 Å². The standard InChI is InChI=1S/C23H35N5O6/c1-16(2)13-18(26-23(32)34-15-17-3-5-24-6-4-17)21(30)25-19-14-28(22(31)20(19)29)8-7-27-9-11-33-12-10-27/h3-6,16,18-19,22,31H,7-15H2,1-2H3,(H,25,30)(H,26,32)/t18-,19?,22?/m0/s1. The van der Waals surface area contributed by atoms with Crippen molar-refractivity contribution in [1.82, 2.24) is 25.4 Å². The molecule has 0 saturated carbocycles. The maximum atomic E-state index is 12.9. The summed E-state index contributed by atoms with van der Waals surface area (Å²) in [5, 5.41) is 15.7. The molecule has 0 radical (unpaired) electrons. The number of amides is 2. The number of morpholine rings is 1. The Balaban J connectivity index is 1.51. The Kier molecular flexibility index (Phi) is 9.75. The molecule has 11 nitrogen and oxygen atoms in total. The third-order valence-corrected chi connectivity index (χ3v) is 5.92. The van der Waals surface area contributed by atoms with Gasteiger partial charge in [0.15, 0.2) is 12.0 Å². The molecule has 2 fully saturated rings. The van der Waals surface area contributed by atoms with E-state index in [0.717, 1.165) is 18.7 Å². The Morgan fingerprint density at radius 2 is 1.94 bits per heavy atom. The summed E-state index contributed by atoms with van der Waals surface area (Å²) < 4.78 is 10.6. The van der Waals surface area contributed by atoms with Crippen LogP contribution in [0.2, 0.25) is 0 Å². The van der Waals surface area contributed by atoms with E-state index in [1.165, 1.54) is 0 Å². The number of hydrogen-bond acceptors (Lipinski definition) is 9. The van der Waals surface area contributed by atoms with Gasteiger partial charge in [-0.1, -0.05) is 13.8 Å². The van der Waals surface area contributed by atoms with Gasteiger partial charge >= 0.3 is 6.09 Å². The van der Waals surface area contributed by atoms with Crippen molar-refractivity contribution in [1.29, 1.82) is 0 Å². The average Bonchev–Trinajstić information content (AvgIpc) is 3.09. The van der Waals surface area contributed by atoms with Gasteiger partial charge in [-0.3, -0.25) is 24.4 Å². The van der Waals surface area contributed by atoms with Crippen LogP contribution in [0.15, 0.2) is 24.5 Å². The summed E-state index contributed by atoms with van der Waals surface area (Å²) >= 11 is 0. The lowest BCUT2D eigenvalue weighted by molar-refractivity contribution is -0.133. The van der Waals surface area contributed by atoms with E-state index >= 15 is 0 Å². The van der Waals surface area contributed by atoms with Crippen molar-refractivity contribution in [2.24, 2.45) is 5.92 Å². The van der Waals surface area contributed by atoms with Crippen LogP contribution in [0.1, 0.15) is 25.8 Å². The Labute approximate surface area is 199 Å². The zero-order valence-corrected chi connectivity index (χ0v) is 19.8. The molecule has 3 heterocycles. The van der Waals surface area contributed by atoms with Crippen LogP contribution in [0.3, 0.4) is 0 Å². The minimum Gasteiger partial charge on any atom is -0.445 e. The van der Waals surface area contributed by atoms with Crippen LogP contribution in [-0.4, -0.2) is 102 Å². The molecule has 3 rings (SSSR count). The number of ketones is 1. The number of aliphatic hydroxyl groups is 1. The number of nitrogens with zero attached hydrogens (tertiary/aromatic N) is 3. The first-order valence-electron chi connectivity index (χ1n) is 11.7. The fourth-order valence-corrected chi connectivity index (χ4v) is 4.00. The van der Waals surface area contributed by atoms with Crippen LogP contribution in [0.4, 0.5) is 4.79 Å². The largest absolute Gasteiger partial charge is 0.445 e. The molecule has 0 bridgehead atoms. The molecule has 0 aromatic carbocycles. The topological polar surface area (TPSA) is 133 Å². The van der Waals surface area contributed by atoms with Crippen LogP contribution in [0.25, 0.3) is 0 Å². The summed E-state index contributed by atoms with van der Waals surface area (Å²) in [6.45, 7) is 8.33. The molecule has 2 aliphatic heterocycles. The average molecular weight is 478 g/mol. The van der Waals surface area contributed by atoms with Gasteiger partial charge in [-0.15, -0.1) is 0 Å². The van der Waals surface area contributed by atoms with Gasteiger partial charge in [0.1, 0.15) is 18.7 Å². The molecule has 11 heteroatoms. The number of ether oxygens (including phenoxy) is 2. The number of alkyl carbamates (subject to hydrolysis) is 1. The van der Waals surface area contributed by atoms with Crippen molar-refractivity contribution in [3.8, 4) is 0 Å². The van der Waals surface area contributed by atoms with Gasteiger partial charge in [0.05, 0.1) is 13.2 Å². The van der Waals surface area contributed by atoms with Gasteiger partial charge < -0.3 is 25.2 Å². The van der Waals surface area contributed by atoms with Crippen LogP contribution in [0, 0.1) is 5.92 Å². The predicted octanol–water partition coefficient (Wildman–Crippen LogP) is -0.257. The third kappa shape index (κ3) is 7.73. The van der Waals surface area contributed by atoms with Crippen molar-refractivity contribution in [2.45, 2.75) is 45.2 Å². The smallest absolute Gasteiger partial charge is 0.408 e. The van der Waals surface area contributed by atoms with Gasteiger partial charge in [0.2, 0.25) is 5.91 Å². The number of nitrogens with one attached hydrogen (secondary N) is 2. The van der Waals surface area contributed by atoms with Gasteiger partial charge in [-0.2, -0.15) is 0 Å². The molecule has 3 N–H and O–H groups in total. The number of pyridine rings is 1. The summed E-state index contributed by atoms with van der Waals surface area (Å²) in [6, 6.07) is 1.76. The molecule has 34 heavy (non-hydrogen) atoms. The van der Waals surface area contributed by atoms with Crippen molar-refractivity contribution >= 4 is 17.8 Å². The lowest BCUT2D eigenvalue weighted by Crippen LogP contribution is -2.52. The van der Waals surface area contributed by atoms with E-state index in [1.54, 1.807) is 29.4 Å². The molecule has 2 aliphatic rings. The fourth-order valence-electron chi connectivity index (χ4n) is 4.00. The third-order valence-electron chi connectivity index (χ3n) is 5.92. The number of carbonyl (C=O) groups excluding carboxylic acids is 3. The lowest BCUT2D eigenvalue weighted by atomic mass is 10.0. The molecule has 0 aliphatic carbocycles. The first-order chi connectivity index (χ1) is 16.3. The molecule has 0 spiro atoms. The molecule has 2 amide bonds. The molecule has 1 aromatic heterocycles. The zero-order valence-electron chi connectivity index (χ0n) is 19.8. The number of Topliss-reactive ketones (excluding diaryl/α,β-unsaturated/α-hetero) is 1. The van der Waals surface area contributed by atoms with Crippen molar-refractivity contribution in [3.05, 3.63) is 30.1 Å². The normalized spacial score (nSPS) is 22.5. The number of likely N-dealkylation sites (tertiary alicyclic amines) is 1. The highest BCUT2D eigenvalue weighted by Crippen LogP contribution is 2.14. The SMILES string of the molecule is CC(C)C[C@H](NC(=O)OCc1ccncc1)C(=O)NC1CN(CCN2CCOCC2)C(O)C1=O. The lowest BCUT2D eigenvalue weighted by Gasteiger charge is -2.29.